The minimum Gasteiger partial charge on any atom is -0.492 e. The summed E-state index contributed by atoms with van der Waals surface area (Å²) in [5, 5.41) is 4.39. The van der Waals surface area contributed by atoms with Gasteiger partial charge in [-0.2, -0.15) is 0 Å². The van der Waals surface area contributed by atoms with Crippen LogP contribution in [0.1, 0.15) is 12.5 Å². The Bertz CT molecular complexity index is 650. The average Bonchev–Trinajstić information content (AvgIpc) is 2.43. The first-order valence-corrected chi connectivity index (χ1v) is 8.65. The van der Waals surface area contributed by atoms with Crippen LogP contribution in [-0.2, 0) is 6.54 Å². The first-order valence-electron chi connectivity index (χ1n) is 6.31. The van der Waals surface area contributed by atoms with Crippen molar-refractivity contribution in [3.05, 3.63) is 54.9 Å². The highest BCUT2D eigenvalue weighted by Gasteiger charge is 2.10. The van der Waals surface area contributed by atoms with Crippen LogP contribution in [0.25, 0.3) is 0 Å². The molecular weight excluding hydrogens is 441 g/mol. The molecule has 0 atom stereocenters. The molecule has 112 valence electrons. The van der Waals surface area contributed by atoms with Gasteiger partial charge >= 0.3 is 0 Å². The van der Waals surface area contributed by atoms with Crippen molar-refractivity contribution in [3.63, 3.8) is 0 Å². The van der Waals surface area contributed by atoms with Gasteiger partial charge in [0.15, 0.2) is 0 Å². The van der Waals surface area contributed by atoms with E-state index in [9.17, 15) is 0 Å². The lowest BCUT2D eigenvalue weighted by Crippen LogP contribution is -2.04. The lowest BCUT2D eigenvalue weighted by Gasteiger charge is -2.14. The standard InChI is InChI=1S/C15H13Br2Cl2NO/c1-2-21-15-9(5-10(16)6-12(15)17)8-20-11-3-4-13(18)14(19)7-11/h3-7,20H,2,8H2,1H3. The van der Waals surface area contributed by atoms with E-state index in [0.717, 1.165) is 25.9 Å². The topological polar surface area (TPSA) is 21.3 Å². The maximum Gasteiger partial charge on any atom is 0.138 e. The summed E-state index contributed by atoms with van der Waals surface area (Å²) in [4.78, 5) is 0. The molecule has 2 aromatic carbocycles. The van der Waals surface area contributed by atoms with Crippen LogP contribution < -0.4 is 10.1 Å². The Morgan fingerprint density at radius 3 is 2.52 bits per heavy atom. The molecule has 21 heavy (non-hydrogen) atoms. The molecule has 0 spiro atoms. The van der Waals surface area contributed by atoms with Gasteiger partial charge in [-0.25, -0.2) is 0 Å². The Labute approximate surface area is 151 Å². The van der Waals surface area contributed by atoms with E-state index in [1.807, 2.05) is 25.1 Å². The van der Waals surface area contributed by atoms with Gasteiger partial charge in [-0.1, -0.05) is 39.1 Å². The quantitative estimate of drug-likeness (QED) is 0.555. The second kappa shape index (κ2) is 7.73. The average molecular weight is 454 g/mol. The van der Waals surface area contributed by atoms with Crippen LogP contribution in [0, 0.1) is 0 Å². The molecule has 0 amide bonds. The number of nitrogens with one attached hydrogen (secondary N) is 1. The fraction of sp³-hybridized carbons (Fsp3) is 0.200. The van der Waals surface area contributed by atoms with Crippen LogP contribution >= 0.6 is 55.1 Å². The zero-order chi connectivity index (χ0) is 15.4. The summed E-state index contributed by atoms with van der Waals surface area (Å²) in [6.45, 7) is 3.19. The number of anilines is 1. The van der Waals surface area contributed by atoms with Crippen LogP contribution in [-0.4, -0.2) is 6.61 Å². The third-order valence-corrected chi connectivity index (χ3v) is 4.56. The van der Waals surface area contributed by atoms with Gasteiger partial charge < -0.3 is 10.1 Å². The Hall–Kier alpha value is -0.420. The maximum atomic E-state index is 6.02. The fourth-order valence-corrected chi connectivity index (χ4v) is 3.58. The first kappa shape index (κ1) is 16.9. The number of benzene rings is 2. The summed E-state index contributed by atoms with van der Waals surface area (Å²) in [5.41, 5.74) is 1.95. The van der Waals surface area contributed by atoms with Gasteiger partial charge in [-0.05, 0) is 53.2 Å². The Morgan fingerprint density at radius 2 is 1.86 bits per heavy atom. The van der Waals surface area contributed by atoms with Crippen molar-refractivity contribution in [1.29, 1.82) is 0 Å². The van der Waals surface area contributed by atoms with E-state index in [2.05, 4.69) is 37.2 Å². The molecule has 0 aliphatic heterocycles. The Kier molecular flexibility index (Phi) is 6.23. The van der Waals surface area contributed by atoms with Gasteiger partial charge in [-0.3, -0.25) is 0 Å². The van der Waals surface area contributed by atoms with E-state index in [4.69, 9.17) is 27.9 Å². The fourth-order valence-electron chi connectivity index (χ4n) is 1.85. The number of hydrogen-bond acceptors (Lipinski definition) is 2. The third kappa shape index (κ3) is 4.52. The molecule has 0 aliphatic rings. The predicted octanol–water partition coefficient (Wildman–Crippen LogP) is 6.53. The highest BCUT2D eigenvalue weighted by molar-refractivity contribution is 9.11. The van der Waals surface area contributed by atoms with Crippen LogP contribution in [0.2, 0.25) is 10.0 Å². The van der Waals surface area contributed by atoms with E-state index < -0.39 is 0 Å². The number of hydrogen-bond donors (Lipinski definition) is 1. The van der Waals surface area contributed by atoms with Gasteiger partial charge in [0.2, 0.25) is 0 Å². The summed E-state index contributed by atoms with van der Waals surface area (Å²) in [6.07, 6.45) is 0. The van der Waals surface area contributed by atoms with Gasteiger partial charge in [0, 0.05) is 22.3 Å². The molecule has 0 aliphatic carbocycles. The van der Waals surface area contributed by atoms with Gasteiger partial charge in [0.1, 0.15) is 5.75 Å². The van der Waals surface area contributed by atoms with Crippen molar-refractivity contribution >= 4 is 60.7 Å². The molecule has 0 fully saturated rings. The van der Waals surface area contributed by atoms with Crippen molar-refractivity contribution in [2.75, 3.05) is 11.9 Å². The molecule has 0 saturated carbocycles. The van der Waals surface area contributed by atoms with Crippen molar-refractivity contribution in [1.82, 2.24) is 0 Å². The monoisotopic (exact) mass is 451 g/mol. The molecule has 2 rings (SSSR count). The zero-order valence-electron chi connectivity index (χ0n) is 11.2. The first-order chi connectivity index (χ1) is 10.0. The normalized spacial score (nSPS) is 10.5. The molecule has 0 radical (unpaired) electrons. The lowest BCUT2D eigenvalue weighted by atomic mass is 10.2. The van der Waals surface area contributed by atoms with Gasteiger partial charge in [-0.15, -0.1) is 0 Å². The van der Waals surface area contributed by atoms with E-state index in [1.54, 1.807) is 12.1 Å². The second-order valence-electron chi connectivity index (χ2n) is 4.29. The highest BCUT2D eigenvalue weighted by atomic mass is 79.9. The van der Waals surface area contributed by atoms with E-state index >= 15 is 0 Å². The molecule has 0 unspecified atom stereocenters. The third-order valence-electron chi connectivity index (χ3n) is 2.78. The largest absolute Gasteiger partial charge is 0.492 e. The van der Waals surface area contributed by atoms with E-state index in [1.165, 1.54) is 0 Å². The highest BCUT2D eigenvalue weighted by Crippen LogP contribution is 2.34. The number of rotatable bonds is 5. The molecule has 0 heterocycles. The molecule has 6 heteroatoms. The smallest absolute Gasteiger partial charge is 0.138 e. The van der Waals surface area contributed by atoms with Crippen LogP contribution in [0.3, 0.4) is 0 Å². The molecular formula is C15H13Br2Cl2NO. The lowest BCUT2D eigenvalue weighted by molar-refractivity contribution is 0.334. The Morgan fingerprint density at radius 1 is 1.10 bits per heavy atom. The summed E-state index contributed by atoms with van der Waals surface area (Å²) in [5.74, 6) is 0.841. The van der Waals surface area contributed by atoms with E-state index in [-0.39, 0.29) is 0 Å². The molecule has 2 nitrogen and oxygen atoms in total. The van der Waals surface area contributed by atoms with Gasteiger partial charge in [0.25, 0.3) is 0 Å². The van der Waals surface area contributed by atoms with Gasteiger partial charge in [0.05, 0.1) is 21.1 Å². The van der Waals surface area contributed by atoms with Crippen LogP contribution in [0.15, 0.2) is 39.3 Å². The zero-order valence-corrected chi connectivity index (χ0v) is 15.9. The maximum absolute atomic E-state index is 6.02. The minimum atomic E-state index is 0.530. The van der Waals surface area contributed by atoms with Crippen molar-refractivity contribution in [3.8, 4) is 5.75 Å². The van der Waals surface area contributed by atoms with Crippen molar-refractivity contribution < 1.29 is 4.74 Å². The second-order valence-corrected chi connectivity index (χ2v) is 6.88. The van der Waals surface area contributed by atoms with E-state index in [0.29, 0.717) is 23.2 Å². The molecule has 0 bridgehead atoms. The number of ether oxygens (including phenoxy) is 1. The summed E-state index contributed by atoms with van der Waals surface area (Å²) in [6, 6.07) is 9.46. The molecule has 2 aromatic rings. The predicted molar refractivity (Wildman–Crippen MR) is 96.8 cm³/mol. The summed E-state index contributed by atoms with van der Waals surface area (Å²) >= 11 is 18.9. The van der Waals surface area contributed by atoms with Crippen molar-refractivity contribution in [2.24, 2.45) is 0 Å². The Balaban J connectivity index is 2.20. The van der Waals surface area contributed by atoms with Crippen molar-refractivity contribution in [2.45, 2.75) is 13.5 Å². The van der Waals surface area contributed by atoms with Crippen LogP contribution in [0.5, 0.6) is 5.75 Å². The molecule has 1 N–H and O–H groups in total. The van der Waals surface area contributed by atoms with Crippen LogP contribution in [0.4, 0.5) is 5.69 Å². The minimum absolute atomic E-state index is 0.530. The SMILES string of the molecule is CCOc1c(Br)cc(Br)cc1CNc1ccc(Cl)c(Cl)c1. The molecule has 0 saturated heterocycles. The summed E-state index contributed by atoms with van der Waals surface area (Å²) < 4.78 is 7.61. The molecule has 0 aromatic heterocycles. The number of halogens is 4. The summed E-state index contributed by atoms with van der Waals surface area (Å²) in [7, 11) is 0.